The van der Waals surface area contributed by atoms with E-state index >= 15 is 0 Å². The van der Waals surface area contributed by atoms with Gasteiger partial charge in [-0.25, -0.2) is 4.98 Å². The van der Waals surface area contributed by atoms with Gasteiger partial charge in [0, 0.05) is 63.2 Å². The van der Waals surface area contributed by atoms with Gasteiger partial charge in [0.15, 0.2) is 0 Å². The van der Waals surface area contributed by atoms with Gasteiger partial charge in [-0.2, -0.15) is 0 Å². The van der Waals surface area contributed by atoms with Crippen LogP contribution in [0.25, 0.3) is 0 Å². The third kappa shape index (κ3) is 3.42. The molecule has 0 N–H and O–H groups in total. The lowest BCUT2D eigenvalue weighted by atomic mass is 10.2. The molecule has 1 fully saturated rings. The van der Waals surface area contributed by atoms with Crippen molar-refractivity contribution in [3.8, 4) is 0 Å². The van der Waals surface area contributed by atoms with E-state index in [1.165, 1.54) is 11.5 Å². The normalized spacial score (nSPS) is 16.3. The summed E-state index contributed by atoms with van der Waals surface area (Å²) in [5, 5.41) is 0. The highest BCUT2D eigenvalue weighted by atomic mass is 15.3. The first-order valence-electron chi connectivity index (χ1n) is 7.74. The van der Waals surface area contributed by atoms with Crippen LogP contribution in [0.15, 0.2) is 36.9 Å². The Labute approximate surface area is 126 Å². The van der Waals surface area contributed by atoms with Crippen LogP contribution in [-0.2, 0) is 13.1 Å². The van der Waals surface area contributed by atoms with E-state index in [0.717, 1.165) is 45.7 Å². The molecule has 5 nitrogen and oxygen atoms in total. The summed E-state index contributed by atoms with van der Waals surface area (Å²) in [5.41, 5.74) is 1.28. The van der Waals surface area contributed by atoms with Crippen molar-refractivity contribution in [1.29, 1.82) is 0 Å². The van der Waals surface area contributed by atoms with Gasteiger partial charge in [0.05, 0.1) is 6.54 Å². The molecule has 2 aromatic heterocycles. The smallest absolute Gasteiger partial charge is 0.122 e. The topological polar surface area (TPSA) is 37.2 Å². The number of nitrogens with zero attached hydrogens (tertiary/aromatic N) is 5. The van der Waals surface area contributed by atoms with Crippen molar-refractivity contribution < 1.29 is 0 Å². The third-order valence-electron chi connectivity index (χ3n) is 4.03. The summed E-state index contributed by atoms with van der Waals surface area (Å²) >= 11 is 0. The Balaban J connectivity index is 1.55. The molecule has 0 spiro atoms. The van der Waals surface area contributed by atoms with E-state index in [1.807, 2.05) is 18.6 Å². The van der Waals surface area contributed by atoms with Crippen LogP contribution in [0, 0.1) is 0 Å². The number of pyridine rings is 1. The number of piperazine rings is 1. The fourth-order valence-electron chi connectivity index (χ4n) is 2.86. The lowest BCUT2D eigenvalue weighted by Crippen LogP contribution is -2.46. The number of anilines is 1. The molecule has 2 aromatic rings. The van der Waals surface area contributed by atoms with E-state index in [1.54, 1.807) is 0 Å². The maximum Gasteiger partial charge on any atom is 0.122 e. The van der Waals surface area contributed by atoms with Gasteiger partial charge < -0.3 is 9.47 Å². The third-order valence-corrected chi connectivity index (χ3v) is 4.03. The number of rotatable bonds is 5. The molecule has 5 heteroatoms. The summed E-state index contributed by atoms with van der Waals surface area (Å²) in [6.45, 7) is 8.53. The summed E-state index contributed by atoms with van der Waals surface area (Å²) in [6, 6.07) is 4.17. The highest BCUT2D eigenvalue weighted by Crippen LogP contribution is 2.15. The molecule has 0 amide bonds. The van der Waals surface area contributed by atoms with Gasteiger partial charge in [0.1, 0.15) is 5.82 Å². The van der Waals surface area contributed by atoms with Crippen LogP contribution in [0.2, 0.25) is 0 Å². The number of imidazole rings is 1. The monoisotopic (exact) mass is 285 g/mol. The lowest BCUT2D eigenvalue weighted by molar-refractivity contribution is 0.240. The fraction of sp³-hybridized carbons (Fsp3) is 0.500. The Kier molecular flexibility index (Phi) is 4.50. The molecule has 112 valence electrons. The number of hydrogen-bond donors (Lipinski definition) is 0. The second-order valence-corrected chi connectivity index (χ2v) is 5.51. The van der Waals surface area contributed by atoms with Crippen LogP contribution in [0.5, 0.6) is 0 Å². The second kappa shape index (κ2) is 6.72. The standard InChI is InChI=1S/C16H23N5/c1-2-8-21-9-7-18-16(21)14-19-10-12-20(13-11-19)15-3-5-17-6-4-15/h3-7,9H,2,8,10-14H2,1H3. The average Bonchev–Trinajstić information content (AvgIpc) is 2.96. The predicted molar refractivity (Wildman–Crippen MR) is 84.2 cm³/mol. The molecule has 0 unspecified atom stereocenters. The zero-order valence-corrected chi connectivity index (χ0v) is 12.6. The van der Waals surface area contributed by atoms with Crippen molar-refractivity contribution >= 4 is 5.69 Å². The first kappa shape index (κ1) is 14.1. The van der Waals surface area contributed by atoms with Crippen LogP contribution in [0.3, 0.4) is 0 Å². The highest BCUT2D eigenvalue weighted by Gasteiger charge is 2.18. The molecule has 1 saturated heterocycles. The molecule has 3 heterocycles. The second-order valence-electron chi connectivity index (χ2n) is 5.51. The lowest BCUT2D eigenvalue weighted by Gasteiger charge is -2.35. The van der Waals surface area contributed by atoms with E-state index in [4.69, 9.17) is 0 Å². The summed E-state index contributed by atoms with van der Waals surface area (Å²) in [5.74, 6) is 1.19. The predicted octanol–water partition coefficient (Wildman–Crippen LogP) is 2.01. The molecule has 1 aliphatic rings. The molecule has 0 radical (unpaired) electrons. The molecule has 0 aromatic carbocycles. The summed E-state index contributed by atoms with van der Waals surface area (Å²) in [4.78, 5) is 13.5. The summed E-state index contributed by atoms with van der Waals surface area (Å²) in [7, 11) is 0. The number of aromatic nitrogens is 3. The fourth-order valence-corrected chi connectivity index (χ4v) is 2.86. The van der Waals surface area contributed by atoms with E-state index in [0.29, 0.717) is 0 Å². The van der Waals surface area contributed by atoms with Gasteiger partial charge >= 0.3 is 0 Å². The van der Waals surface area contributed by atoms with Crippen LogP contribution >= 0.6 is 0 Å². The number of hydrogen-bond acceptors (Lipinski definition) is 4. The first-order valence-corrected chi connectivity index (χ1v) is 7.74. The Morgan fingerprint density at radius 2 is 1.81 bits per heavy atom. The van der Waals surface area contributed by atoms with Crippen molar-refractivity contribution in [3.05, 3.63) is 42.7 Å². The van der Waals surface area contributed by atoms with Gasteiger partial charge in [-0.3, -0.25) is 9.88 Å². The van der Waals surface area contributed by atoms with Gasteiger partial charge in [-0.1, -0.05) is 6.92 Å². The van der Waals surface area contributed by atoms with Gasteiger partial charge in [-0.05, 0) is 18.6 Å². The van der Waals surface area contributed by atoms with Gasteiger partial charge in [0.25, 0.3) is 0 Å². The van der Waals surface area contributed by atoms with Crippen LogP contribution < -0.4 is 4.90 Å². The minimum absolute atomic E-state index is 0.956. The van der Waals surface area contributed by atoms with Crippen LogP contribution in [-0.4, -0.2) is 45.6 Å². The molecular weight excluding hydrogens is 262 g/mol. The van der Waals surface area contributed by atoms with E-state index in [-0.39, 0.29) is 0 Å². The Morgan fingerprint density at radius 3 is 2.52 bits per heavy atom. The maximum absolute atomic E-state index is 4.51. The molecule has 0 atom stereocenters. The van der Waals surface area contributed by atoms with Gasteiger partial charge in [-0.15, -0.1) is 0 Å². The molecule has 1 aliphatic heterocycles. The minimum atomic E-state index is 0.956. The highest BCUT2D eigenvalue weighted by molar-refractivity contribution is 5.44. The minimum Gasteiger partial charge on any atom is -0.369 e. The van der Waals surface area contributed by atoms with Gasteiger partial charge in [0.2, 0.25) is 0 Å². The van der Waals surface area contributed by atoms with Crippen LogP contribution in [0.1, 0.15) is 19.2 Å². The Hall–Kier alpha value is -1.88. The molecule has 0 aliphatic carbocycles. The summed E-state index contributed by atoms with van der Waals surface area (Å²) < 4.78 is 2.27. The quantitative estimate of drug-likeness (QED) is 0.842. The first-order chi connectivity index (χ1) is 10.4. The van der Waals surface area contributed by atoms with E-state index in [2.05, 4.69) is 49.6 Å². The molecule has 3 rings (SSSR count). The summed E-state index contributed by atoms with van der Waals surface area (Å²) in [6.07, 6.45) is 8.88. The molecule has 21 heavy (non-hydrogen) atoms. The Bertz CT molecular complexity index is 543. The van der Waals surface area contributed by atoms with Crippen molar-refractivity contribution in [2.24, 2.45) is 0 Å². The van der Waals surface area contributed by atoms with Crippen molar-refractivity contribution in [2.45, 2.75) is 26.4 Å². The van der Waals surface area contributed by atoms with Crippen LogP contribution in [0.4, 0.5) is 5.69 Å². The molecule has 0 saturated carbocycles. The average molecular weight is 285 g/mol. The number of aryl methyl sites for hydroxylation is 1. The van der Waals surface area contributed by atoms with Crippen molar-refractivity contribution in [1.82, 2.24) is 19.4 Å². The zero-order valence-electron chi connectivity index (χ0n) is 12.6. The molecule has 0 bridgehead atoms. The van der Waals surface area contributed by atoms with E-state index < -0.39 is 0 Å². The van der Waals surface area contributed by atoms with E-state index in [9.17, 15) is 0 Å². The Morgan fingerprint density at radius 1 is 1.05 bits per heavy atom. The molecular formula is C16H23N5. The van der Waals surface area contributed by atoms with Crippen molar-refractivity contribution in [2.75, 3.05) is 31.1 Å². The maximum atomic E-state index is 4.51. The zero-order chi connectivity index (χ0) is 14.5. The largest absolute Gasteiger partial charge is 0.369 e. The van der Waals surface area contributed by atoms with Crippen molar-refractivity contribution in [3.63, 3.8) is 0 Å². The SMILES string of the molecule is CCCn1ccnc1CN1CCN(c2ccncc2)CC1.